The minimum atomic E-state index is -0.620. The number of aromatic nitrogens is 3. The average Bonchev–Trinajstić information content (AvgIpc) is 3.16. The molecular formula is C17H24N4O3. The van der Waals surface area contributed by atoms with Crippen molar-refractivity contribution in [3.05, 3.63) is 41.7 Å². The van der Waals surface area contributed by atoms with Gasteiger partial charge in [-0.05, 0) is 25.0 Å². The molecule has 0 saturated carbocycles. The first-order valence-electron chi connectivity index (χ1n) is 8.18. The monoisotopic (exact) mass is 332 g/mol. The van der Waals surface area contributed by atoms with E-state index >= 15 is 0 Å². The average molecular weight is 332 g/mol. The second-order valence-corrected chi connectivity index (χ2v) is 6.42. The van der Waals surface area contributed by atoms with Gasteiger partial charge >= 0.3 is 0 Å². The predicted octanol–water partition coefficient (Wildman–Crippen LogP) is 0.552. The van der Waals surface area contributed by atoms with Crippen LogP contribution in [-0.2, 0) is 0 Å². The summed E-state index contributed by atoms with van der Waals surface area (Å²) in [5.74, 6) is 0.832. The van der Waals surface area contributed by atoms with E-state index in [4.69, 9.17) is 4.74 Å². The molecule has 130 valence electrons. The zero-order chi connectivity index (χ0) is 17.1. The van der Waals surface area contributed by atoms with Crippen LogP contribution in [0, 0.1) is 13.8 Å². The van der Waals surface area contributed by atoms with Crippen LogP contribution >= 0.6 is 0 Å². The number of β-amino-alcohol motifs (C(OH)–C–C–N with tert-alkyl or cyclic N) is 2. The van der Waals surface area contributed by atoms with Gasteiger partial charge in [-0.2, -0.15) is 0 Å². The van der Waals surface area contributed by atoms with Crippen molar-refractivity contribution < 1.29 is 14.9 Å². The Kier molecular flexibility index (Phi) is 5.13. The van der Waals surface area contributed by atoms with Gasteiger partial charge in [-0.1, -0.05) is 23.4 Å². The lowest BCUT2D eigenvalue weighted by Gasteiger charge is -2.21. The molecule has 0 spiro atoms. The van der Waals surface area contributed by atoms with E-state index in [1.807, 2.05) is 36.9 Å². The van der Waals surface area contributed by atoms with Crippen LogP contribution in [0.3, 0.4) is 0 Å². The van der Waals surface area contributed by atoms with Crippen LogP contribution in [0.4, 0.5) is 0 Å². The quantitative estimate of drug-likeness (QED) is 0.804. The molecule has 0 amide bonds. The number of ether oxygens (including phenoxy) is 1. The molecule has 2 N–H and O–H groups in total. The molecule has 1 aliphatic rings. The smallest absolute Gasteiger partial charge is 0.125 e. The van der Waals surface area contributed by atoms with Crippen LogP contribution in [0.1, 0.15) is 17.2 Å². The van der Waals surface area contributed by atoms with Gasteiger partial charge in [0.2, 0.25) is 0 Å². The topological polar surface area (TPSA) is 83.6 Å². The number of hydrogen-bond donors (Lipinski definition) is 2. The molecule has 7 nitrogen and oxygen atoms in total. The number of para-hydroxylation sites is 1. The fourth-order valence-electron chi connectivity index (χ4n) is 3.21. The molecular weight excluding hydrogens is 308 g/mol. The second kappa shape index (κ2) is 7.29. The van der Waals surface area contributed by atoms with Crippen molar-refractivity contribution in [2.45, 2.75) is 32.1 Å². The lowest BCUT2D eigenvalue weighted by Crippen LogP contribution is -2.35. The maximum absolute atomic E-state index is 10.3. The summed E-state index contributed by atoms with van der Waals surface area (Å²) in [5, 5.41) is 28.2. The zero-order valence-electron chi connectivity index (χ0n) is 14.0. The number of aryl methyl sites for hydroxylation is 2. The molecule has 1 aliphatic heterocycles. The Bertz CT molecular complexity index is 642. The Labute approximate surface area is 141 Å². The number of hydrogen-bond acceptors (Lipinski definition) is 6. The van der Waals surface area contributed by atoms with E-state index in [0.29, 0.717) is 19.6 Å². The normalized spacial score (nSPS) is 22.7. The molecule has 1 fully saturated rings. The SMILES string of the molecule is Cc1cccc(C)c1OCC(O)CN1C[C@@H](O)[C@H](n2ccnn2)C1. The molecule has 1 aromatic carbocycles. The van der Waals surface area contributed by atoms with Crippen LogP contribution in [0.5, 0.6) is 5.75 Å². The summed E-state index contributed by atoms with van der Waals surface area (Å²) in [7, 11) is 0. The first kappa shape index (κ1) is 16.9. The molecule has 7 heteroatoms. The zero-order valence-corrected chi connectivity index (χ0v) is 14.0. The number of aliphatic hydroxyl groups excluding tert-OH is 2. The van der Waals surface area contributed by atoms with E-state index in [-0.39, 0.29) is 12.6 Å². The lowest BCUT2D eigenvalue weighted by atomic mass is 10.1. The molecule has 1 unspecified atom stereocenters. The van der Waals surface area contributed by atoms with Crippen LogP contribution in [0.2, 0.25) is 0 Å². The summed E-state index contributed by atoms with van der Waals surface area (Å²) in [6.07, 6.45) is 2.21. The van der Waals surface area contributed by atoms with E-state index in [1.165, 1.54) is 0 Å². The van der Waals surface area contributed by atoms with Gasteiger partial charge in [-0.3, -0.25) is 4.90 Å². The third-order valence-electron chi connectivity index (χ3n) is 4.41. The van der Waals surface area contributed by atoms with Crippen molar-refractivity contribution in [3.63, 3.8) is 0 Å². The van der Waals surface area contributed by atoms with Crippen LogP contribution in [0.15, 0.2) is 30.6 Å². The van der Waals surface area contributed by atoms with Gasteiger partial charge in [0.15, 0.2) is 0 Å². The molecule has 0 aliphatic carbocycles. The Morgan fingerprint density at radius 3 is 2.71 bits per heavy atom. The number of likely N-dealkylation sites (tertiary alicyclic amines) is 1. The maximum Gasteiger partial charge on any atom is 0.125 e. The highest BCUT2D eigenvalue weighted by atomic mass is 16.5. The van der Waals surface area contributed by atoms with Gasteiger partial charge in [0, 0.05) is 25.8 Å². The third-order valence-corrected chi connectivity index (χ3v) is 4.41. The Hall–Kier alpha value is -1.96. The second-order valence-electron chi connectivity index (χ2n) is 6.42. The van der Waals surface area contributed by atoms with Gasteiger partial charge in [-0.15, -0.1) is 5.10 Å². The summed E-state index contributed by atoms with van der Waals surface area (Å²) >= 11 is 0. The third kappa shape index (κ3) is 3.75. The minimum Gasteiger partial charge on any atom is -0.490 e. The molecule has 1 saturated heterocycles. The van der Waals surface area contributed by atoms with Gasteiger partial charge < -0.3 is 14.9 Å². The van der Waals surface area contributed by atoms with Crippen molar-refractivity contribution in [3.8, 4) is 5.75 Å². The molecule has 3 rings (SSSR count). The Balaban J connectivity index is 1.51. The van der Waals surface area contributed by atoms with Crippen molar-refractivity contribution in [2.24, 2.45) is 0 Å². The summed E-state index contributed by atoms with van der Waals surface area (Å²) in [6.45, 7) is 5.80. The van der Waals surface area contributed by atoms with Crippen molar-refractivity contribution >= 4 is 0 Å². The number of benzene rings is 1. The Morgan fingerprint density at radius 1 is 1.29 bits per heavy atom. The summed E-state index contributed by atoms with van der Waals surface area (Å²) in [4.78, 5) is 2.02. The fourth-order valence-corrected chi connectivity index (χ4v) is 3.21. The molecule has 24 heavy (non-hydrogen) atoms. The van der Waals surface area contributed by atoms with Gasteiger partial charge in [0.25, 0.3) is 0 Å². The molecule has 0 radical (unpaired) electrons. The predicted molar refractivity (Wildman–Crippen MR) is 88.9 cm³/mol. The van der Waals surface area contributed by atoms with E-state index in [2.05, 4.69) is 10.3 Å². The lowest BCUT2D eigenvalue weighted by molar-refractivity contribution is 0.0702. The Morgan fingerprint density at radius 2 is 2.04 bits per heavy atom. The highest BCUT2D eigenvalue weighted by molar-refractivity contribution is 5.39. The van der Waals surface area contributed by atoms with Crippen LogP contribution in [0.25, 0.3) is 0 Å². The fraction of sp³-hybridized carbons (Fsp3) is 0.529. The number of rotatable bonds is 6. The largest absolute Gasteiger partial charge is 0.490 e. The van der Waals surface area contributed by atoms with Crippen molar-refractivity contribution in [1.82, 2.24) is 19.9 Å². The highest BCUT2D eigenvalue weighted by Crippen LogP contribution is 2.23. The molecule has 3 atom stereocenters. The van der Waals surface area contributed by atoms with Gasteiger partial charge in [0.1, 0.15) is 18.5 Å². The first-order chi connectivity index (χ1) is 11.5. The maximum atomic E-state index is 10.3. The van der Waals surface area contributed by atoms with Crippen molar-refractivity contribution in [1.29, 1.82) is 0 Å². The first-order valence-corrected chi connectivity index (χ1v) is 8.18. The molecule has 2 aromatic rings. The van der Waals surface area contributed by atoms with Crippen molar-refractivity contribution in [2.75, 3.05) is 26.2 Å². The molecule has 0 bridgehead atoms. The summed E-state index contributed by atoms with van der Waals surface area (Å²) in [5.41, 5.74) is 2.12. The summed E-state index contributed by atoms with van der Waals surface area (Å²) in [6, 6.07) is 5.85. The van der Waals surface area contributed by atoms with E-state index in [9.17, 15) is 10.2 Å². The standard InChI is InChI=1S/C17H24N4O3/c1-12-4-3-5-13(2)17(12)24-11-14(22)8-20-9-15(16(23)10-20)21-7-6-18-19-21/h3-7,14-16,22-23H,8-11H2,1-2H3/t14?,15-,16-/m1/s1. The molecule has 1 aromatic heterocycles. The van der Waals surface area contributed by atoms with Gasteiger partial charge in [-0.25, -0.2) is 4.68 Å². The number of aliphatic hydroxyl groups is 2. The van der Waals surface area contributed by atoms with E-state index in [0.717, 1.165) is 16.9 Å². The summed E-state index contributed by atoms with van der Waals surface area (Å²) < 4.78 is 7.47. The van der Waals surface area contributed by atoms with Crippen LogP contribution in [-0.4, -0.2) is 68.6 Å². The van der Waals surface area contributed by atoms with E-state index in [1.54, 1.807) is 17.1 Å². The minimum absolute atomic E-state index is 0.126. The van der Waals surface area contributed by atoms with E-state index < -0.39 is 12.2 Å². The molecule has 2 heterocycles. The number of nitrogens with zero attached hydrogens (tertiary/aromatic N) is 4. The highest BCUT2D eigenvalue weighted by Gasteiger charge is 2.34. The van der Waals surface area contributed by atoms with Crippen LogP contribution < -0.4 is 4.74 Å². The van der Waals surface area contributed by atoms with Gasteiger partial charge in [0.05, 0.1) is 18.3 Å².